The van der Waals surface area contributed by atoms with Gasteiger partial charge < -0.3 is 18.4 Å². The molecule has 2 heterocycles. The van der Waals surface area contributed by atoms with Crippen LogP contribution in [0.4, 0.5) is 0 Å². The maximum atomic E-state index is 12.4. The summed E-state index contributed by atoms with van der Waals surface area (Å²) in [4.78, 5) is 12.4. The van der Waals surface area contributed by atoms with Gasteiger partial charge in [-0.1, -0.05) is 35.5 Å². The summed E-state index contributed by atoms with van der Waals surface area (Å²) < 4.78 is 22.1. The standard InChI is InChI=1S/C21H16BrN3O5/c1-12-18(19(25-30-12)13-6-4-3-5-7-13)20-24-23-17(29-20)11-28-21(26)15-10-14(27-2)8-9-16(15)22/h3-10H,11H2,1-2H3. The van der Waals surface area contributed by atoms with Gasteiger partial charge in [0.15, 0.2) is 6.61 Å². The van der Waals surface area contributed by atoms with E-state index in [-0.39, 0.29) is 18.4 Å². The Morgan fingerprint density at radius 1 is 1.13 bits per heavy atom. The summed E-state index contributed by atoms with van der Waals surface area (Å²) in [5.41, 5.74) is 2.39. The van der Waals surface area contributed by atoms with Crippen LogP contribution in [0.15, 0.2) is 61.9 Å². The SMILES string of the molecule is COc1ccc(Br)c(C(=O)OCc2nnc(-c3c(-c4ccccc4)noc3C)o2)c1. The molecule has 0 radical (unpaired) electrons. The second kappa shape index (κ2) is 8.50. The van der Waals surface area contributed by atoms with Crippen molar-refractivity contribution in [3.63, 3.8) is 0 Å². The summed E-state index contributed by atoms with van der Waals surface area (Å²) in [6.45, 7) is 1.58. The molecule has 0 aliphatic heterocycles. The van der Waals surface area contributed by atoms with E-state index in [1.54, 1.807) is 25.1 Å². The minimum absolute atomic E-state index is 0.150. The van der Waals surface area contributed by atoms with Gasteiger partial charge in [0.25, 0.3) is 11.8 Å². The number of carbonyl (C=O) groups excluding carboxylic acids is 1. The van der Waals surface area contributed by atoms with Crippen molar-refractivity contribution < 1.29 is 23.2 Å². The number of aromatic nitrogens is 3. The molecule has 0 saturated carbocycles. The minimum Gasteiger partial charge on any atom is -0.497 e. The number of methoxy groups -OCH3 is 1. The molecule has 2 aromatic carbocycles. The van der Waals surface area contributed by atoms with Gasteiger partial charge in [0.2, 0.25) is 0 Å². The number of carbonyl (C=O) groups is 1. The zero-order valence-corrected chi connectivity index (χ0v) is 17.7. The maximum absolute atomic E-state index is 12.4. The lowest BCUT2D eigenvalue weighted by atomic mass is 10.1. The van der Waals surface area contributed by atoms with Gasteiger partial charge in [0.1, 0.15) is 22.8 Å². The van der Waals surface area contributed by atoms with Gasteiger partial charge in [-0.05, 0) is 41.1 Å². The third kappa shape index (κ3) is 3.97. The molecule has 30 heavy (non-hydrogen) atoms. The number of esters is 1. The Morgan fingerprint density at radius 3 is 2.70 bits per heavy atom. The average molecular weight is 470 g/mol. The number of rotatable bonds is 6. The number of hydrogen-bond donors (Lipinski definition) is 0. The Bertz CT molecular complexity index is 1190. The van der Waals surface area contributed by atoms with Crippen LogP contribution in [0.3, 0.4) is 0 Å². The van der Waals surface area contributed by atoms with Gasteiger partial charge in [0, 0.05) is 10.0 Å². The highest BCUT2D eigenvalue weighted by Gasteiger charge is 2.22. The van der Waals surface area contributed by atoms with Gasteiger partial charge in [-0.2, -0.15) is 0 Å². The Labute approximate surface area is 179 Å². The number of aryl methyl sites for hydroxylation is 1. The van der Waals surface area contributed by atoms with Crippen LogP contribution in [-0.4, -0.2) is 28.4 Å². The van der Waals surface area contributed by atoms with Crippen LogP contribution in [0.2, 0.25) is 0 Å². The third-order valence-electron chi connectivity index (χ3n) is 4.31. The van der Waals surface area contributed by atoms with Gasteiger partial charge in [-0.25, -0.2) is 4.79 Å². The first-order valence-corrected chi connectivity index (χ1v) is 9.71. The summed E-state index contributed by atoms with van der Waals surface area (Å²) in [5, 5.41) is 12.1. The van der Waals surface area contributed by atoms with E-state index in [1.807, 2.05) is 30.3 Å². The van der Waals surface area contributed by atoms with Crippen molar-refractivity contribution in [3.8, 4) is 28.5 Å². The van der Waals surface area contributed by atoms with Gasteiger partial charge in [-0.3, -0.25) is 0 Å². The number of nitrogens with zero attached hydrogens (tertiary/aromatic N) is 3. The first kappa shape index (κ1) is 19.8. The first-order valence-electron chi connectivity index (χ1n) is 8.92. The Balaban J connectivity index is 1.52. The van der Waals surface area contributed by atoms with E-state index in [0.717, 1.165) is 5.56 Å². The fraction of sp³-hybridized carbons (Fsp3) is 0.143. The quantitative estimate of drug-likeness (QED) is 0.370. The normalized spacial score (nSPS) is 10.8. The fourth-order valence-electron chi connectivity index (χ4n) is 2.82. The van der Waals surface area contributed by atoms with Crippen molar-refractivity contribution in [3.05, 3.63) is 70.2 Å². The van der Waals surface area contributed by atoms with Crippen LogP contribution < -0.4 is 4.74 Å². The lowest BCUT2D eigenvalue weighted by molar-refractivity contribution is 0.0437. The molecule has 0 saturated heterocycles. The smallest absolute Gasteiger partial charge is 0.339 e. The summed E-state index contributed by atoms with van der Waals surface area (Å²) in [7, 11) is 1.52. The second-order valence-corrected chi connectivity index (χ2v) is 7.11. The van der Waals surface area contributed by atoms with E-state index in [2.05, 4.69) is 31.3 Å². The monoisotopic (exact) mass is 469 g/mol. The molecular weight excluding hydrogens is 454 g/mol. The maximum Gasteiger partial charge on any atom is 0.339 e. The van der Waals surface area contributed by atoms with Crippen molar-refractivity contribution in [2.75, 3.05) is 7.11 Å². The molecule has 0 atom stereocenters. The lowest BCUT2D eigenvalue weighted by Gasteiger charge is -2.06. The minimum atomic E-state index is -0.549. The Morgan fingerprint density at radius 2 is 1.93 bits per heavy atom. The van der Waals surface area contributed by atoms with Crippen LogP contribution in [-0.2, 0) is 11.3 Å². The lowest BCUT2D eigenvalue weighted by Crippen LogP contribution is -2.06. The van der Waals surface area contributed by atoms with E-state index in [1.165, 1.54) is 7.11 Å². The van der Waals surface area contributed by atoms with Crippen LogP contribution in [0, 0.1) is 6.92 Å². The molecule has 2 aromatic heterocycles. The Kier molecular flexibility index (Phi) is 5.62. The van der Waals surface area contributed by atoms with E-state index >= 15 is 0 Å². The summed E-state index contributed by atoms with van der Waals surface area (Å²) in [6, 6.07) is 14.6. The first-order chi connectivity index (χ1) is 14.6. The van der Waals surface area contributed by atoms with Crippen LogP contribution in [0.1, 0.15) is 22.0 Å². The van der Waals surface area contributed by atoms with E-state index in [4.69, 9.17) is 18.4 Å². The van der Waals surface area contributed by atoms with Gasteiger partial charge in [-0.15, -0.1) is 10.2 Å². The molecule has 0 aliphatic carbocycles. The molecule has 0 spiro atoms. The largest absolute Gasteiger partial charge is 0.497 e. The third-order valence-corrected chi connectivity index (χ3v) is 5.00. The number of ether oxygens (including phenoxy) is 2. The molecule has 9 heteroatoms. The predicted molar refractivity (Wildman–Crippen MR) is 110 cm³/mol. The number of halogens is 1. The fourth-order valence-corrected chi connectivity index (χ4v) is 3.23. The highest BCUT2D eigenvalue weighted by molar-refractivity contribution is 9.10. The van der Waals surface area contributed by atoms with Crippen molar-refractivity contribution in [2.24, 2.45) is 0 Å². The van der Waals surface area contributed by atoms with E-state index in [0.29, 0.717) is 32.8 Å². The Hall–Kier alpha value is -3.46. The van der Waals surface area contributed by atoms with Crippen molar-refractivity contribution >= 4 is 21.9 Å². The number of benzene rings is 2. The van der Waals surface area contributed by atoms with Crippen LogP contribution in [0.25, 0.3) is 22.7 Å². The molecule has 4 rings (SSSR count). The zero-order chi connectivity index (χ0) is 21.1. The molecule has 0 bridgehead atoms. The predicted octanol–water partition coefficient (Wildman–Crippen LogP) is 4.83. The topological polar surface area (TPSA) is 100 Å². The summed E-state index contributed by atoms with van der Waals surface area (Å²) in [6.07, 6.45) is 0. The molecule has 0 aliphatic rings. The molecule has 0 N–H and O–H groups in total. The van der Waals surface area contributed by atoms with Crippen molar-refractivity contribution in [1.29, 1.82) is 0 Å². The van der Waals surface area contributed by atoms with Gasteiger partial charge >= 0.3 is 5.97 Å². The molecule has 8 nitrogen and oxygen atoms in total. The van der Waals surface area contributed by atoms with E-state index in [9.17, 15) is 4.79 Å². The molecule has 0 unspecified atom stereocenters. The molecule has 0 fully saturated rings. The van der Waals surface area contributed by atoms with Crippen LogP contribution >= 0.6 is 15.9 Å². The molecule has 0 amide bonds. The van der Waals surface area contributed by atoms with Crippen molar-refractivity contribution in [1.82, 2.24) is 15.4 Å². The zero-order valence-electron chi connectivity index (χ0n) is 16.1. The van der Waals surface area contributed by atoms with Gasteiger partial charge in [0.05, 0.1) is 12.7 Å². The van der Waals surface area contributed by atoms with E-state index < -0.39 is 5.97 Å². The molecular formula is C21H16BrN3O5. The highest BCUT2D eigenvalue weighted by Crippen LogP contribution is 2.33. The number of hydrogen-bond acceptors (Lipinski definition) is 8. The summed E-state index contributed by atoms with van der Waals surface area (Å²) in [5.74, 6) is 0.924. The molecule has 4 aromatic rings. The van der Waals surface area contributed by atoms with Crippen molar-refractivity contribution in [2.45, 2.75) is 13.5 Å². The average Bonchev–Trinajstić information content (AvgIpc) is 3.39. The molecule has 152 valence electrons. The second-order valence-electron chi connectivity index (χ2n) is 6.25. The van der Waals surface area contributed by atoms with Crippen LogP contribution in [0.5, 0.6) is 5.75 Å². The summed E-state index contributed by atoms with van der Waals surface area (Å²) >= 11 is 3.33. The highest BCUT2D eigenvalue weighted by atomic mass is 79.9.